The van der Waals surface area contributed by atoms with Crippen LogP contribution < -0.4 is 4.57 Å². The fourth-order valence-corrected chi connectivity index (χ4v) is 3.06. The molecule has 2 aromatic heterocycles. The molecule has 0 atom stereocenters. The van der Waals surface area contributed by atoms with Gasteiger partial charge in [-0.1, -0.05) is 24.3 Å². The number of aliphatic hydroxyl groups excluding tert-OH is 1. The molecule has 0 amide bonds. The Bertz CT molecular complexity index is 818. The zero-order valence-corrected chi connectivity index (χ0v) is 16.7. The number of aromatic nitrogens is 1. The van der Waals surface area contributed by atoms with E-state index in [1.54, 1.807) is 11.3 Å². The maximum absolute atomic E-state index is 10.0. The topological polar surface area (TPSA) is 41.2 Å². The summed E-state index contributed by atoms with van der Waals surface area (Å²) in [6, 6.07) is 17.8. The minimum Gasteiger partial charge on any atom is -0.512 e. The quantitative estimate of drug-likeness (QED) is 0.239. The number of aliphatic hydroxyl groups is 1. The van der Waals surface area contributed by atoms with Gasteiger partial charge in [-0.3, -0.25) is 4.79 Å². The zero-order chi connectivity index (χ0) is 16.8. The predicted octanol–water partition coefficient (Wildman–Crippen LogP) is 4.33. The summed E-state index contributed by atoms with van der Waals surface area (Å²) >= 11 is 1.75. The van der Waals surface area contributed by atoms with Crippen LogP contribution in [0.4, 0.5) is 0 Å². The number of allylic oxidation sites excluding steroid dienone is 2. The average Bonchev–Trinajstić information content (AvgIpc) is 2.90. The van der Waals surface area contributed by atoms with Crippen molar-refractivity contribution in [2.75, 3.05) is 0 Å². The fourth-order valence-electron chi connectivity index (χ4n) is 2.01. The number of fused-ring (bicyclic) bond motifs is 1. The van der Waals surface area contributed by atoms with Gasteiger partial charge < -0.3 is 9.67 Å². The number of hydrogen-bond acceptors (Lipinski definition) is 3. The molecule has 5 heteroatoms. The van der Waals surface area contributed by atoms with Crippen molar-refractivity contribution in [1.82, 2.24) is 0 Å². The van der Waals surface area contributed by atoms with Crippen LogP contribution in [0.15, 0.2) is 60.5 Å². The molecule has 0 unspecified atom stereocenters. The van der Waals surface area contributed by atoms with Crippen LogP contribution in [0.2, 0.25) is 0 Å². The second-order valence-electron chi connectivity index (χ2n) is 5.00. The van der Waals surface area contributed by atoms with Crippen LogP contribution in [0.25, 0.3) is 20.7 Å². The Kier molecular flexibility index (Phi) is 7.86. The number of carbonyl (C=O) groups is 1. The number of rotatable bonds is 2. The van der Waals surface area contributed by atoms with E-state index in [1.807, 2.05) is 29.0 Å². The van der Waals surface area contributed by atoms with Crippen molar-refractivity contribution in [3.05, 3.63) is 73.6 Å². The molecule has 0 fully saturated rings. The smallest absolute Gasteiger partial charge is 0.155 e. The van der Waals surface area contributed by atoms with E-state index in [1.165, 1.54) is 30.0 Å². The van der Waals surface area contributed by atoms with Crippen molar-refractivity contribution >= 4 is 27.2 Å². The Balaban J connectivity index is 0.000000312. The van der Waals surface area contributed by atoms with Crippen LogP contribution in [0.1, 0.15) is 13.8 Å². The van der Waals surface area contributed by atoms with Gasteiger partial charge in [0.1, 0.15) is 5.69 Å². The second-order valence-corrected chi connectivity index (χ2v) is 6.06. The molecule has 3 rings (SSSR count). The van der Waals surface area contributed by atoms with E-state index in [2.05, 4.69) is 37.4 Å². The van der Waals surface area contributed by atoms with Gasteiger partial charge in [0.2, 0.25) is 0 Å². The number of thiophene rings is 1. The summed E-state index contributed by atoms with van der Waals surface area (Å²) in [5, 5.41) is 9.54. The minimum atomic E-state index is -0.125. The van der Waals surface area contributed by atoms with Crippen molar-refractivity contribution in [2.24, 2.45) is 0 Å². The maximum atomic E-state index is 10.0. The van der Waals surface area contributed by atoms with Gasteiger partial charge in [0.05, 0.1) is 12.0 Å². The number of hydrogen-bond donors (Lipinski definition) is 1. The van der Waals surface area contributed by atoms with Crippen LogP contribution in [-0.4, -0.2) is 10.9 Å². The molecule has 0 aliphatic heterocycles. The standard InChI is InChI=1S/C14H10NS.C5H8O2.Ir/c1-15-9-5-4-7-12(15)14-10-11-6-2-3-8-13(11)16-14;1-4(6)3-5(2)7;/h2-9H,1H2;3,6H,1-2H3;/q-1;;/b;4-3-;. The molecular formula is C19H18IrNO2S-. The molecule has 3 aromatic rings. The van der Waals surface area contributed by atoms with Gasteiger partial charge in [0.15, 0.2) is 5.78 Å². The third-order valence-corrected chi connectivity index (χ3v) is 4.02. The molecule has 0 aliphatic carbocycles. The van der Waals surface area contributed by atoms with E-state index in [-0.39, 0.29) is 31.6 Å². The third kappa shape index (κ3) is 5.60. The van der Waals surface area contributed by atoms with Gasteiger partial charge in [-0.05, 0) is 24.6 Å². The summed E-state index contributed by atoms with van der Waals surface area (Å²) < 4.78 is 3.14. The summed E-state index contributed by atoms with van der Waals surface area (Å²) in [4.78, 5) is 11.2. The molecule has 24 heavy (non-hydrogen) atoms. The largest absolute Gasteiger partial charge is 0.512 e. The molecule has 1 N–H and O–H groups in total. The molecule has 0 saturated heterocycles. The first-order chi connectivity index (χ1) is 11.0. The van der Waals surface area contributed by atoms with Crippen molar-refractivity contribution in [3.63, 3.8) is 0 Å². The summed E-state index contributed by atoms with van der Waals surface area (Å²) in [7, 11) is 3.97. The first-order valence-corrected chi connectivity index (χ1v) is 7.89. The number of nitrogens with zero attached hydrogens (tertiary/aromatic N) is 1. The SMILES string of the molecule is CC(=O)/C=C(/C)O.[CH2-][n+]1ccccc1-c1[c-]c2ccccc2s1.[Ir]. The molecule has 0 saturated carbocycles. The fraction of sp³-hybridized carbons (Fsp3) is 0.105. The second kappa shape index (κ2) is 9.38. The molecule has 2 heterocycles. The minimum absolute atomic E-state index is 0. The Morgan fingerprint density at radius 1 is 1.21 bits per heavy atom. The first-order valence-electron chi connectivity index (χ1n) is 7.08. The van der Waals surface area contributed by atoms with Crippen LogP contribution >= 0.6 is 11.3 Å². The van der Waals surface area contributed by atoms with E-state index in [4.69, 9.17) is 5.11 Å². The van der Waals surface area contributed by atoms with Crippen molar-refractivity contribution in [2.45, 2.75) is 13.8 Å². The summed E-state index contributed by atoms with van der Waals surface area (Å²) in [6.07, 6.45) is 3.12. The Morgan fingerprint density at radius 3 is 2.42 bits per heavy atom. The van der Waals surface area contributed by atoms with E-state index in [9.17, 15) is 4.79 Å². The predicted molar refractivity (Wildman–Crippen MR) is 94.1 cm³/mol. The van der Waals surface area contributed by atoms with Crippen LogP contribution in [-0.2, 0) is 24.9 Å². The van der Waals surface area contributed by atoms with E-state index in [0.29, 0.717) is 0 Å². The van der Waals surface area contributed by atoms with Gasteiger partial charge in [-0.25, -0.2) is 11.3 Å². The molecular weight excluding hydrogens is 498 g/mol. The van der Waals surface area contributed by atoms with Crippen molar-refractivity contribution < 1.29 is 34.6 Å². The van der Waals surface area contributed by atoms with Gasteiger partial charge in [-0.15, -0.1) is 23.6 Å². The van der Waals surface area contributed by atoms with Gasteiger partial charge in [0.25, 0.3) is 0 Å². The Morgan fingerprint density at radius 2 is 1.88 bits per heavy atom. The van der Waals surface area contributed by atoms with Gasteiger partial charge >= 0.3 is 0 Å². The van der Waals surface area contributed by atoms with Crippen LogP contribution in [0, 0.1) is 13.1 Å². The van der Waals surface area contributed by atoms with Crippen LogP contribution in [0.5, 0.6) is 0 Å². The Labute approximate surface area is 159 Å². The number of carbonyl (C=O) groups excluding carboxylic acids is 1. The van der Waals surface area contributed by atoms with E-state index < -0.39 is 0 Å². The number of ketones is 1. The molecule has 3 nitrogen and oxygen atoms in total. The molecule has 0 spiro atoms. The number of pyridine rings is 1. The van der Waals surface area contributed by atoms with Crippen LogP contribution in [0.3, 0.4) is 0 Å². The summed E-state index contributed by atoms with van der Waals surface area (Å²) in [5.74, 6) is -0.0625. The van der Waals surface area contributed by atoms with Gasteiger partial charge in [-0.2, -0.15) is 0 Å². The number of benzene rings is 1. The summed E-state index contributed by atoms with van der Waals surface area (Å²) in [5.41, 5.74) is 1.10. The first kappa shape index (κ1) is 20.1. The zero-order valence-electron chi connectivity index (χ0n) is 13.4. The van der Waals surface area contributed by atoms with E-state index >= 15 is 0 Å². The molecule has 1 radical (unpaired) electrons. The third-order valence-electron chi connectivity index (χ3n) is 2.93. The molecule has 127 valence electrons. The average molecular weight is 517 g/mol. The van der Waals surface area contributed by atoms with E-state index in [0.717, 1.165) is 10.6 Å². The molecule has 1 aromatic carbocycles. The monoisotopic (exact) mass is 517 g/mol. The van der Waals surface area contributed by atoms with Crippen molar-refractivity contribution in [1.29, 1.82) is 0 Å². The summed E-state index contributed by atoms with van der Waals surface area (Å²) in [6.45, 7) is 2.85. The molecule has 0 bridgehead atoms. The maximum Gasteiger partial charge on any atom is 0.155 e. The van der Waals surface area contributed by atoms with Crippen molar-refractivity contribution in [3.8, 4) is 10.6 Å². The van der Waals surface area contributed by atoms with Gasteiger partial charge in [0, 0.05) is 38.1 Å². The Hall–Kier alpha value is -1.94. The normalized spacial score (nSPS) is 10.5. The molecule has 0 aliphatic rings.